The molecule has 3 aromatic carbocycles. The number of rotatable bonds is 1. The molecule has 0 fully saturated rings. The number of ether oxygens (including phenoxy) is 2. The minimum Gasteiger partial charge on any atom is -0.496 e. The van der Waals surface area contributed by atoms with E-state index < -0.39 is 0 Å². The molecule has 2 aliphatic heterocycles. The molecule has 0 amide bonds. The van der Waals surface area contributed by atoms with Crippen LogP contribution in [0.25, 0.3) is 0 Å². The predicted molar refractivity (Wildman–Crippen MR) is 91.0 cm³/mol. The van der Waals surface area contributed by atoms with Gasteiger partial charge in [0, 0.05) is 26.8 Å². The first kappa shape index (κ1) is 13.1. The first-order valence-corrected chi connectivity index (χ1v) is 8.43. The maximum absolute atomic E-state index is 6.19. The Hall–Kier alpha value is -2.39. The second kappa shape index (κ2) is 4.80. The molecule has 0 bridgehead atoms. The highest BCUT2D eigenvalue weighted by molar-refractivity contribution is 7.99. The summed E-state index contributed by atoms with van der Waals surface area (Å²) in [5.41, 5.74) is 3.71. The average molecular weight is 318 g/mol. The third-order valence-corrected chi connectivity index (χ3v) is 5.69. The van der Waals surface area contributed by atoms with E-state index in [9.17, 15) is 0 Å². The standard InChI is InChI=1S/C20H14O2S/c1-21-13-7-4-8-14-19(13)18-12-6-2-3-10-16(12)23-17-11-5-9-15(22-14)20(17)18/h2-11,18H,1H3/t18-/m1/s1. The maximum atomic E-state index is 6.19. The Morgan fingerprint density at radius 2 is 1.57 bits per heavy atom. The number of methoxy groups -OCH3 is 1. The Bertz CT molecular complexity index is 918. The van der Waals surface area contributed by atoms with Crippen LogP contribution in [0.4, 0.5) is 0 Å². The third-order valence-electron chi connectivity index (χ3n) is 4.52. The molecule has 2 aliphatic rings. The van der Waals surface area contributed by atoms with Crippen molar-refractivity contribution < 1.29 is 9.47 Å². The Morgan fingerprint density at radius 1 is 0.826 bits per heavy atom. The normalized spacial score (nSPS) is 16.7. The zero-order valence-corrected chi connectivity index (χ0v) is 13.4. The van der Waals surface area contributed by atoms with Crippen LogP contribution in [0.1, 0.15) is 22.6 Å². The van der Waals surface area contributed by atoms with Crippen LogP contribution in [0.15, 0.2) is 70.5 Å². The Kier molecular flexibility index (Phi) is 2.73. The van der Waals surface area contributed by atoms with Crippen molar-refractivity contribution in [1.82, 2.24) is 0 Å². The molecule has 0 aromatic heterocycles. The van der Waals surface area contributed by atoms with Crippen LogP contribution < -0.4 is 9.47 Å². The van der Waals surface area contributed by atoms with Gasteiger partial charge in [-0.3, -0.25) is 0 Å². The lowest BCUT2D eigenvalue weighted by Gasteiger charge is -2.35. The molecule has 5 rings (SSSR count). The van der Waals surface area contributed by atoms with Crippen LogP contribution in [0, 0.1) is 0 Å². The molecule has 0 saturated heterocycles. The van der Waals surface area contributed by atoms with E-state index in [4.69, 9.17) is 9.47 Å². The minimum absolute atomic E-state index is 0.165. The summed E-state index contributed by atoms with van der Waals surface area (Å²) >= 11 is 1.82. The van der Waals surface area contributed by atoms with Gasteiger partial charge in [0.15, 0.2) is 0 Å². The quantitative estimate of drug-likeness (QED) is 0.410. The molecular weight excluding hydrogens is 304 g/mol. The molecule has 2 nitrogen and oxygen atoms in total. The van der Waals surface area contributed by atoms with Gasteiger partial charge in [0.2, 0.25) is 0 Å². The van der Waals surface area contributed by atoms with Crippen molar-refractivity contribution in [3.05, 3.63) is 77.4 Å². The van der Waals surface area contributed by atoms with E-state index in [1.165, 1.54) is 20.9 Å². The van der Waals surface area contributed by atoms with E-state index in [-0.39, 0.29) is 5.92 Å². The van der Waals surface area contributed by atoms with Gasteiger partial charge in [-0.2, -0.15) is 0 Å². The largest absolute Gasteiger partial charge is 0.496 e. The number of benzene rings is 3. The molecular formula is C20H14O2S. The average Bonchev–Trinajstić information content (AvgIpc) is 2.61. The fourth-order valence-corrected chi connectivity index (χ4v) is 4.73. The number of fused-ring (bicyclic) bond motifs is 4. The maximum Gasteiger partial charge on any atom is 0.135 e. The lowest BCUT2D eigenvalue weighted by Crippen LogP contribution is -2.17. The van der Waals surface area contributed by atoms with Gasteiger partial charge in [-0.15, -0.1) is 0 Å². The SMILES string of the molecule is COc1cccc2c1[C@H]1c3ccccc3Sc3cccc(c31)O2. The summed E-state index contributed by atoms with van der Waals surface area (Å²) in [6.07, 6.45) is 0. The van der Waals surface area contributed by atoms with Gasteiger partial charge in [-0.25, -0.2) is 0 Å². The van der Waals surface area contributed by atoms with Crippen molar-refractivity contribution in [2.75, 3.05) is 7.11 Å². The molecule has 3 heteroatoms. The molecule has 0 saturated carbocycles. The zero-order valence-electron chi connectivity index (χ0n) is 12.6. The van der Waals surface area contributed by atoms with E-state index >= 15 is 0 Å². The molecule has 23 heavy (non-hydrogen) atoms. The highest BCUT2D eigenvalue weighted by atomic mass is 32.2. The summed E-state index contributed by atoms with van der Waals surface area (Å²) < 4.78 is 11.8. The van der Waals surface area contributed by atoms with Gasteiger partial charge in [-0.05, 0) is 35.9 Å². The van der Waals surface area contributed by atoms with Gasteiger partial charge in [0.1, 0.15) is 17.2 Å². The molecule has 1 atom stereocenters. The van der Waals surface area contributed by atoms with Crippen molar-refractivity contribution in [3.8, 4) is 17.2 Å². The first-order chi connectivity index (χ1) is 11.4. The van der Waals surface area contributed by atoms with Gasteiger partial charge < -0.3 is 9.47 Å². The van der Waals surface area contributed by atoms with Crippen LogP contribution in [0.3, 0.4) is 0 Å². The van der Waals surface area contributed by atoms with E-state index in [2.05, 4.69) is 42.5 Å². The molecule has 0 N–H and O–H groups in total. The van der Waals surface area contributed by atoms with E-state index in [0.29, 0.717) is 0 Å². The summed E-state index contributed by atoms with van der Waals surface area (Å²) in [5.74, 6) is 2.89. The summed E-state index contributed by atoms with van der Waals surface area (Å²) in [7, 11) is 1.72. The second-order valence-corrected chi connectivity index (χ2v) is 6.80. The lowest BCUT2D eigenvalue weighted by molar-refractivity contribution is 0.392. The van der Waals surface area contributed by atoms with Crippen molar-refractivity contribution >= 4 is 11.8 Å². The monoisotopic (exact) mass is 318 g/mol. The van der Waals surface area contributed by atoms with E-state index in [1.807, 2.05) is 30.0 Å². The third kappa shape index (κ3) is 1.77. The molecule has 3 aromatic rings. The summed E-state index contributed by atoms with van der Waals surface area (Å²) in [6.45, 7) is 0. The Labute approximate surface area is 139 Å². The summed E-state index contributed by atoms with van der Waals surface area (Å²) in [5, 5.41) is 0. The van der Waals surface area contributed by atoms with Gasteiger partial charge in [0.25, 0.3) is 0 Å². The van der Waals surface area contributed by atoms with Crippen molar-refractivity contribution in [3.63, 3.8) is 0 Å². The summed E-state index contributed by atoms with van der Waals surface area (Å²) in [6, 6.07) is 20.9. The van der Waals surface area contributed by atoms with Crippen LogP contribution in [-0.4, -0.2) is 7.11 Å². The van der Waals surface area contributed by atoms with Crippen molar-refractivity contribution in [2.24, 2.45) is 0 Å². The topological polar surface area (TPSA) is 18.5 Å². The fourth-order valence-electron chi connectivity index (χ4n) is 3.57. The van der Waals surface area contributed by atoms with E-state index in [1.54, 1.807) is 7.11 Å². The molecule has 112 valence electrons. The lowest BCUT2D eigenvalue weighted by atomic mass is 9.81. The van der Waals surface area contributed by atoms with Crippen LogP contribution >= 0.6 is 11.8 Å². The molecule has 0 aliphatic carbocycles. The predicted octanol–water partition coefficient (Wildman–Crippen LogP) is 5.45. The highest BCUT2D eigenvalue weighted by Crippen LogP contribution is 2.58. The molecule has 0 unspecified atom stereocenters. The Balaban J connectivity index is 1.88. The fraction of sp³-hybridized carbons (Fsp3) is 0.100. The van der Waals surface area contributed by atoms with Gasteiger partial charge in [-0.1, -0.05) is 42.1 Å². The van der Waals surface area contributed by atoms with Gasteiger partial charge in [0.05, 0.1) is 7.11 Å². The van der Waals surface area contributed by atoms with Gasteiger partial charge >= 0.3 is 0 Å². The summed E-state index contributed by atoms with van der Waals surface area (Å²) in [4.78, 5) is 2.57. The first-order valence-electron chi connectivity index (χ1n) is 7.61. The van der Waals surface area contributed by atoms with E-state index in [0.717, 1.165) is 22.8 Å². The van der Waals surface area contributed by atoms with Crippen molar-refractivity contribution in [2.45, 2.75) is 15.7 Å². The van der Waals surface area contributed by atoms with Crippen LogP contribution in [-0.2, 0) is 0 Å². The van der Waals surface area contributed by atoms with Crippen LogP contribution in [0.5, 0.6) is 17.2 Å². The van der Waals surface area contributed by atoms with Crippen molar-refractivity contribution in [1.29, 1.82) is 0 Å². The zero-order chi connectivity index (χ0) is 15.4. The Morgan fingerprint density at radius 3 is 2.43 bits per heavy atom. The number of hydrogen-bond donors (Lipinski definition) is 0. The molecule has 0 spiro atoms. The highest BCUT2D eigenvalue weighted by Gasteiger charge is 2.37. The second-order valence-electron chi connectivity index (χ2n) is 5.72. The molecule has 0 radical (unpaired) electrons. The smallest absolute Gasteiger partial charge is 0.135 e. The minimum atomic E-state index is 0.165. The number of hydrogen-bond acceptors (Lipinski definition) is 3. The molecule has 2 heterocycles. The van der Waals surface area contributed by atoms with Crippen LogP contribution in [0.2, 0.25) is 0 Å².